The molecule has 0 atom stereocenters. The van der Waals surface area contributed by atoms with Crippen LogP contribution < -0.4 is 15.5 Å². The van der Waals surface area contributed by atoms with E-state index in [0.29, 0.717) is 18.2 Å². The number of benzene rings is 1. The zero-order chi connectivity index (χ0) is 15.9. The minimum absolute atomic E-state index is 0.0652. The molecule has 0 radical (unpaired) electrons. The second-order valence-electron chi connectivity index (χ2n) is 5.21. The monoisotopic (exact) mass is 315 g/mol. The predicted octanol–water partition coefficient (Wildman–Crippen LogP) is 1.46. The van der Waals surface area contributed by atoms with Gasteiger partial charge in [-0.15, -0.1) is 0 Å². The molecule has 3 N–H and O–H groups in total. The van der Waals surface area contributed by atoms with Crippen LogP contribution in [0.2, 0.25) is 0 Å². The highest BCUT2D eigenvalue weighted by Crippen LogP contribution is 2.21. The molecule has 122 valence electrons. The number of aliphatic hydroxyl groups excluding tert-OH is 1. The molecule has 7 heteroatoms. The van der Waals surface area contributed by atoms with Gasteiger partial charge in [0.15, 0.2) is 0 Å². The molecule has 2 aromatic rings. The van der Waals surface area contributed by atoms with E-state index < -0.39 is 0 Å². The second-order valence-corrected chi connectivity index (χ2v) is 5.21. The van der Waals surface area contributed by atoms with E-state index in [1.807, 2.05) is 18.2 Å². The summed E-state index contributed by atoms with van der Waals surface area (Å²) in [4.78, 5) is 10.6. The van der Waals surface area contributed by atoms with Gasteiger partial charge in [0.2, 0.25) is 0 Å². The molecule has 3 rings (SSSR count). The molecule has 0 bridgehead atoms. The van der Waals surface area contributed by atoms with Crippen molar-refractivity contribution in [1.82, 2.24) is 9.97 Å². The first-order chi connectivity index (χ1) is 11.3. The van der Waals surface area contributed by atoms with Crippen molar-refractivity contribution in [3.8, 4) is 0 Å². The van der Waals surface area contributed by atoms with Crippen molar-refractivity contribution in [1.29, 1.82) is 0 Å². The number of hydrogen-bond acceptors (Lipinski definition) is 7. The van der Waals surface area contributed by atoms with Crippen molar-refractivity contribution in [2.45, 2.75) is 0 Å². The number of anilines is 4. The highest BCUT2D eigenvalue weighted by molar-refractivity contribution is 5.62. The van der Waals surface area contributed by atoms with Gasteiger partial charge in [-0.05, 0) is 24.3 Å². The molecule has 7 nitrogen and oxygen atoms in total. The minimum Gasteiger partial charge on any atom is -0.395 e. The maximum atomic E-state index is 8.83. The fourth-order valence-corrected chi connectivity index (χ4v) is 2.43. The van der Waals surface area contributed by atoms with Gasteiger partial charge in [0.05, 0.1) is 19.8 Å². The largest absolute Gasteiger partial charge is 0.395 e. The van der Waals surface area contributed by atoms with Gasteiger partial charge in [-0.3, -0.25) is 0 Å². The van der Waals surface area contributed by atoms with Crippen LogP contribution in [0.3, 0.4) is 0 Å². The third-order valence-corrected chi connectivity index (χ3v) is 3.60. The summed E-state index contributed by atoms with van der Waals surface area (Å²) in [6.45, 7) is 3.95. The molecule has 1 saturated heterocycles. The van der Waals surface area contributed by atoms with E-state index in [2.05, 4.69) is 37.6 Å². The molecular weight excluding hydrogens is 294 g/mol. The summed E-state index contributed by atoms with van der Waals surface area (Å²) in [7, 11) is 0. The Labute approximate surface area is 135 Å². The SMILES string of the molecule is OCCNc1cc(Nc2ccc(N3CCOCC3)cc2)ncn1. The van der Waals surface area contributed by atoms with Crippen molar-refractivity contribution in [3.63, 3.8) is 0 Å². The summed E-state index contributed by atoms with van der Waals surface area (Å²) in [5.41, 5.74) is 2.17. The summed E-state index contributed by atoms with van der Waals surface area (Å²) in [5.74, 6) is 1.39. The van der Waals surface area contributed by atoms with Crippen LogP contribution >= 0.6 is 0 Å². The normalized spacial score (nSPS) is 14.6. The average molecular weight is 315 g/mol. The fourth-order valence-electron chi connectivity index (χ4n) is 2.43. The zero-order valence-electron chi connectivity index (χ0n) is 12.9. The van der Waals surface area contributed by atoms with Crippen LogP contribution in [-0.2, 0) is 4.74 Å². The summed E-state index contributed by atoms with van der Waals surface area (Å²) >= 11 is 0. The first kappa shape index (κ1) is 15.5. The number of ether oxygens (including phenoxy) is 1. The van der Waals surface area contributed by atoms with E-state index in [-0.39, 0.29) is 6.61 Å². The van der Waals surface area contributed by atoms with Crippen molar-refractivity contribution >= 4 is 23.0 Å². The third-order valence-electron chi connectivity index (χ3n) is 3.60. The highest BCUT2D eigenvalue weighted by Gasteiger charge is 2.10. The van der Waals surface area contributed by atoms with Crippen LogP contribution in [0.25, 0.3) is 0 Å². The Morgan fingerprint density at radius 2 is 1.83 bits per heavy atom. The van der Waals surface area contributed by atoms with Gasteiger partial charge < -0.3 is 25.4 Å². The van der Waals surface area contributed by atoms with Crippen molar-refractivity contribution in [3.05, 3.63) is 36.7 Å². The van der Waals surface area contributed by atoms with Gasteiger partial charge in [0.25, 0.3) is 0 Å². The number of aromatic nitrogens is 2. The molecule has 0 aliphatic carbocycles. The van der Waals surface area contributed by atoms with E-state index in [4.69, 9.17) is 9.84 Å². The first-order valence-corrected chi connectivity index (χ1v) is 7.72. The number of nitrogens with zero attached hydrogens (tertiary/aromatic N) is 3. The smallest absolute Gasteiger partial charge is 0.135 e. The molecule has 2 heterocycles. The number of aliphatic hydroxyl groups is 1. The van der Waals surface area contributed by atoms with E-state index in [0.717, 1.165) is 32.0 Å². The van der Waals surface area contributed by atoms with E-state index in [1.54, 1.807) is 0 Å². The zero-order valence-corrected chi connectivity index (χ0v) is 12.9. The molecule has 1 aromatic carbocycles. The maximum Gasteiger partial charge on any atom is 0.135 e. The number of hydrogen-bond donors (Lipinski definition) is 3. The Bertz CT molecular complexity index is 614. The molecule has 1 aromatic heterocycles. The molecule has 23 heavy (non-hydrogen) atoms. The van der Waals surface area contributed by atoms with Crippen LogP contribution in [0.15, 0.2) is 36.7 Å². The number of nitrogens with one attached hydrogen (secondary N) is 2. The summed E-state index contributed by atoms with van der Waals surface area (Å²) in [6, 6.07) is 10.1. The van der Waals surface area contributed by atoms with Crippen LogP contribution in [0.5, 0.6) is 0 Å². The van der Waals surface area contributed by atoms with Crippen molar-refractivity contribution in [2.75, 3.05) is 55.0 Å². The molecule has 1 fully saturated rings. The Morgan fingerprint density at radius 3 is 2.57 bits per heavy atom. The van der Waals surface area contributed by atoms with Gasteiger partial charge in [0.1, 0.15) is 18.0 Å². The van der Waals surface area contributed by atoms with Crippen LogP contribution in [-0.4, -0.2) is 54.5 Å². The lowest BCUT2D eigenvalue weighted by atomic mass is 10.2. The molecule has 0 saturated carbocycles. The third kappa shape index (κ3) is 4.30. The van der Waals surface area contributed by atoms with Gasteiger partial charge in [0, 0.05) is 37.1 Å². The van der Waals surface area contributed by atoms with Crippen molar-refractivity contribution < 1.29 is 9.84 Å². The van der Waals surface area contributed by atoms with E-state index in [9.17, 15) is 0 Å². The fraction of sp³-hybridized carbons (Fsp3) is 0.375. The maximum absolute atomic E-state index is 8.83. The Balaban J connectivity index is 1.63. The highest BCUT2D eigenvalue weighted by atomic mass is 16.5. The Kier molecular flexibility index (Phi) is 5.23. The lowest BCUT2D eigenvalue weighted by Crippen LogP contribution is -2.36. The minimum atomic E-state index is 0.0652. The number of morpholine rings is 1. The molecule has 0 spiro atoms. The van der Waals surface area contributed by atoms with Gasteiger partial charge in [-0.1, -0.05) is 0 Å². The summed E-state index contributed by atoms with van der Waals surface area (Å²) < 4.78 is 5.37. The van der Waals surface area contributed by atoms with Crippen LogP contribution in [0.1, 0.15) is 0 Å². The van der Waals surface area contributed by atoms with Crippen LogP contribution in [0, 0.1) is 0 Å². The lowest BCUT2D eigenvalue weighted by Gasteiger charge is -2.28. The van der Waals surface area contributed by atoms with Gasteiger partial charge >= 0.3 is 0 Å². The van der Waals surface area contributed by atoms with Crippen molar-refractivity contribution in [2.24, 2.45) is 0 Å². The summed E-state index contributed by atoms with van der Waals surface area (Å²) in [5, 5.41) is 15.1. The Hall–Kier alpha value is -2.38. The molecular formula is C16H21N5O2. The van der Waals surface area contributed by atoms with Crippen LogP contribution in [0.4, 0.5) is 23.0 Å². The second kappa shape index (κ2) is 7.75. The first-order valence-electron chi connectivity index (χ1n) is 7.72. The molecule has 1 aliphatic rings. The predicted molar refractivity (Wildman–Crippen MR) is 90.4 cm³/mol. The van der Waals surface area contributed by atoms with Gasteiger partial charge in [-0.25, -0.2) is 9.97 Å². The van der Waals surface area contributed by atoms with E-state index >= 15 is 0 Å². The molecule has 1 aliphatic heterocycles. The lowest BCUT2D eigenvalue weighted by molar-refractivity contribution is 0.122. The Morgan fingerprint density at radius 1 is 1.09 bits per heavy atom. The molecule has 0 amide bonds. The standard InChI is InChI=1S/C16H21N5O2/c22-8-5-17-15-11-16(19-12-18-15)20-13-1-3-14(4-2-13)21-6-9-23-10-7-21/h1-4,11-12,22H,5-10H2,(H2,17,18,19,20). The topological polar surface area (TPSA) is 82.5 Å². The summed E-state index contributed by atoms with van der Waals surface area (Å²) in [6.07, 6.45) is 1.49. The van der Waals surface area contributed by atoms with E-state index in [1.165, 1.54) is 12.0 Å². The average Bonchev–Trinajstić information content (AvgIpc) is 2.62. The molecule has 0 unspecified atom stereocenters. The number of rotatable bonds is 6. The van der Waals surface area contributed by atoms with Gasteiger partial charge in [-0.2, -0.15) is 0 Å². The quantitative estimate of drug-likeness (QED) is 0.744.